The SMILES string of the molecule is CCc1ccccc1CNS(=O)(=O)c1ccc(NC)nc1. The number of nitrogens with one attached hydrogen (secondary N) is 2. The molecule has 2 N–H and O–H groups in total. The number of anilines is 1. The smallest absolute Gasteiger partial charge is 0.242 e. The lowest BCUT2D eigenvalue weighted by Gasteiger charge is -2.10. The predicted octanol–water partition coefficient (Wildman–Crippen LogP) is 2.16. The number of hydrogen-bond acceptors (Lipinski definition) is 4. The minimum absolute atomic E-state index is 0.162. The fourth-order valence-electron chi connectivity index (χ4n) is 2.02. The van der Waals surface area contributed by atoms with Gasteiger partial charge in [0.25, 0.3) is 0 Å². The maximum atomic E-state index is 12.2. The first-order valence-electron chi connectivity index (χ1n) is 6.77. The topological polar surface area (TPSA) is 71.1 Å². The zero-order valence-electron chi connectivity index (χ0n) is 12.1. The van der Waals surface area contributed by atoms with Crippen molar-refractivity contribution in [3.8, 4) is 0 Å². The van der Waals surface area contributed by atoms with Crippen molar-refractivity contribution in [3.05, 3.63) is 53.7 Å². The van der Waals surface area contributed by atoms with Gasteiger partial charge in [-0.1, -0.05) is 31.2 Å². The number of sulfonamides is 1. The molecule has 0 saturated carbocycles. The number of aromatic nitrogens is 1. The summed E-state index contributed by atoms with van der Waals surface area (Å²) in [6.07, 6.45) is 2.22. The van der Waals surface area contributed by atoms with E-state index in [0.29, 0.717) is 5.82 Å². The van der Waals surface area contributed by atoms with Gasteiger partial charge >= 0.3 is 0 Å². The Hall–Kier alpha value is -1.92. The average molecular weight is 305 g/mol. The van der Waals surface area contributed by atoms with Crippen LogP contribution in [0.4, 0.5) is 5.82 Å². The largest absolute Gasteiger partial charge is 0.373 e. The van der Waals surface area contributed by atoms with Crippen molar-refractivity contribution in [2.75, 3.05) is 12.4 Å². The van der Waals surface area contributed by atoms with Gasteiger partial charge in [0.1, 0.15) is 10.7 Å². The molecule has 0 aliphatic rings. The summed E-state index contributed by atoms with van der Waals surface area (Å²) >= 11 is 0. The van der Waals surface area contributed by atoms with Gasteiger partial charge < -0.3 is 5.32 Å². The predicted molar refractivity (Wildman–Crippen MR) is 83.6 cm³/mol. The first kappa shape index (κ1) is 15.5. The van der Waals surface area contributed by atoms with Crippen LogP contribution in [0.2, 0.25) is 0 Å². The summed E-state index contributed by atoms with van der Waals surface area (Å²) in [4.78, 5) is 4.18. The highest BCUT2D eigenvalue weighted by atomic mass is 32.2. The molecule has 0 saturated heterocycles. The summed E-state index contributed by atoms with van der Waals surface area (Å²) < 4.78 is 27.1. The van der Waals surface area contributed by atoms with Crippen LogP contribution in [0.15, 0.2) is 47.5 Å². The summed E-state index contributed by atoms with van der Waals surface area (Å²) in [7, 11) is -1.82. The molecule has 1 aromatic carbocycles. The van der Waals surface area contributed by atoms with E-state index in [1.54, 1.807) is 13.1 Å². The van der Waals surface area contributed by atoms with E-state index >= 15 is 0 Å². The monoisotopic (exact) mass is 305 g/mol. The van der Waals surface area contributed by atoms with Crippen LogP contribution in [0.3, 0.4) is 0 Å². The Labute approximate surface area is 125 Å². The molecule has 0 fully saturated rings. The molecule has 112 valence electrons. The van der Waals surface area contributed by atoms with Crippen LogP contribution in [0.1, 0.15) is 18.1 Å². The van der Waals surface area contributed by atoms with Gasteiger partial charge in [-0.3, -0.25) is 0 Å². The zero-order chi connectivity index (χ0) is 15.3. The summed E-state index contributed by atoms with van der Waals surface area (Å²) in [5.41, 5.74) is 2.13. The molecule has 0 amide bonds. The van der Waals surface area contributed by atoms with Crippen molar-refractivity contribution in [2.45, 2.75) is 24.8 Å². The summed E-state index contributed by atoms with van der Waals surface area (Å²) in [5.74, 6) is 0.630. The maximum Gasteiger partial charge on any atom is 0.242 e. The molecule has 0 aliphatic heterocycles. The van der Waals surface area contributed by atoms with E-state index in [2.05, 4.69) is 15.0 Å². The highest BCUT2D eigenvalue weighted by Crippen LogP contribution is 2.13. The van der Waals surface area contributed by atoms with Crippen LogP contribution in [-0.2, 0) is 23.0 Å². The molecule has 0 radical (unpaired) electrons. The summed E-state index contributed by atoms with van der Waals surface area (Å²) in [5, 5.41) is 2.85. The summed E-state index contributed by atoms with van der Waals surface area (Å²) in [6, 6.07) is 11.0. The Morgan fingerprint density at radius 1 is 1.10 bits per heavy atom. The van der Waals surface area contributed by atoms with E-state index in [9.17, 15) is 8.42 Å². The molecular weight excluding hydrogens is 286 g/mol. The number of hydrogen-bond donors (Lipinski definition) is 2. The quantitative estimate of drug-likeness (QED) is 0.858. The molecule has 1 aromatic heterocycles. The molecule has 0 atom stereocenters. The van der Waals surface area contributed by atoms with Gasteiger partial charge in [0.2, 0.25) is 10.0 Å². The van der Waals surface area contributed by atoms with Gasteiger partial charge in [-0.15, -0.1) is 0 Å². The van der Waals surface area contributed by atoms with E-state index < -0.39 is 10.0 Å². The molecule has 1 heterocycles. The Morgan fingerprint density at radius 3 is 2.38 bits per heavy atom. The molecule has 0 spiro atoms. The Morgan fingerprint density at radius 2 is 1.81 bits per heavy atom. The number of benzene rings is 1. The highest BCUT2D eigenvalue weighted by molar-refractivity contribution is 7.89. The van der Waals surface area contributed by atoms with Crippen molar-refractivity contribution in [1.29, 1.82) is 0 Å². The van der Waals surface area contributed by atoms with Gasteiger partial charge in [0, 0.05) is 19.8 Å². The maximum absolute atomic E-state index is 12.2. The van der Waals surface area contributed by atoms with E-state index in [1.807, 2.05) is 31.2 Å². The van der Waals surface area contributed by atoms with Gasteiger partial charge in [0.15, 0.2) is 0 Å². The molecule has 0 aliphatic carbocycles. The van der Waals surface area contributed by atoms with Crippen LogP contribution in [0.5, 0.6) is 0 Å². The Kier molecular flexibility index (Phi) is 4.93. The Bertz CT molecular complexity index is 697. The van der Waals surface area contributed by atoms with Crippen molar-refractivity contribution in [2.24, 2.45) is 0 Å². The Balaban J connectivity index is 2.13. The first-order chi connectivity index (χ1) is 10.1. The first-order valence-corrected chi connectivity index (χ1v) is 8.25. The van der Waals surface area contributed by atoms with Gasteiger partial charge in [-0.05, 0) is 29.7 Å². The lowest BCUT2D eigenvalue weighted by Crippen LogP contribution is -2.24. The number of rotatable bonds is 6. The normalized spacial score (nSPS) is 11.3. The zero-order valence-corrected chi connectivity index (χ0v) is 12.9. The van der Waals surface area contributed by atoms with Crippen molar-refractivity contribution < 1.29 is 8.42 Å². The van der Waals surface area contributed by atoms with Gasteiger partial charge in [-0.25, -0.2) is 18.1 Å². The van der Waals surface area contributed by atoms with Crippen LogP contribution in [-0.4, -0.2) is 20.4 Å². The second kappa shape index (κ2) is 6.69. The van der Waals surface area contributed by atoms with E-state index in [0.717, 1.165) is 17.5 Å². The minimum Gasteiger partial charge on any atom is -0.373 e. The van der Waals surface area contributed by atoms with Crippen molar-refractivity contribution in [3.63, 3.8) is 0 Å². The van der Waals surface area contributed by atoms with E-state index in [4.69, 9.17) is 0 Å². The van der Waals surface area contributed by atoms with Gasteiger partial charge in [-0.2, -0.15) is 0 Å². The molecule has 5 nitrogen and oxygen atoms in total. The van der Waals surface area contributed by atoms with Crippen LogP contribution >= 0.6 is 0 Å². The van der Waals surface area contributed by atoms with E-state index in [-0.39, 0.29) is 11.4 Å². The standard InChI is InChI=1S/C15H19N3O2S/c1-3-12-6-4-5-7-13(12)10-18-21(19,20)14-8-9-15(16-2)17-11-14/h4-9,11,18H,3,10H2,1-2H3,(H,16,17). The van der Waals surface area contributed by atoms with Crippen LogP contribution in [0, 0.1) is 0 Å². The fourth-order valence-corrected chi connectivity index (χ4v) is 2.97. The third-order valence-corrected chi connectivity index (χ3v) is 4.64. The third-order valence-electron chi connectivity index (χ3n) is 3.25. The van der Waals surface area contributed by atoms with Crippen molar-refractivity contribution >= 4 is 15.8 Å². The van der Waals surface area contributed by atoms with Crippen LogP contribution in [0.25, 0.3) is 0 Å². The number of aryl methyl sites for hydroxylation is 1. The molecular formula is C15H19N3O2S. The molecule has 0 bridgehead atoms. The van der Waals surface area contributed by atoms with Crippen LogP contribution < -0.4 is 10.0 Å². The molecule has 2 rings (SSSR count). The second-order valence-corrected chi connectivity index (χ2v) is 6.34. The van der Waals surface area contributed by atoms with Gasteiger partial charge in [0.05, 0.1) is 0 Å². The minimum atomic E-state index is -3.55. The van der Waals surface area contributed by atoms with E-state index in [1.165, 1.54) is 12.3 Å². The lowest BCUT2D eigenvalue weighted by atomic mass is 10.1. The number of pyridine rings is 1. The number of nitrogens with zero attached hydrogens (tertiary/aromatic N) is 1. The highest BCUT2D eigenvalue weighted by Gasteiger charge is 2.14. The molecule has 0 unspecified atom stereocenters. The lowest BCUT2D eigenvalue weighted by molar-refractivity contribution is 0.580. The van der Waals surface area contributed by atoms with Crippen molar-refractivity contribution in [1.82, 2.24) is 9.71 Å². The fraction of sp³-hybridized carbons (Fsp3) is 0.267. The second-order valence-electron chi connectivity index (χ2n) is 4.58. The third kappa shape index (κ3) is 3.80. The summed E-state index contributed by atoms with van der Waals surface area (Å²) in [6.45, 7) is 2.33. The average Bonchev–Trinajstić information content (AvgIpc) is 2.53. The molecule has 21 heavy (non-hydrogen) atoms. The molecule has 2 aromatic rings. The molecule has 6 heteroatoms.